The summed E-state index contributed by atoms with van der Waals surface area (Å²) in [5.41, 5.74) is 4.48. The van der Waals surface area contributed by atoms with Gasteiger partial charge in [0.1, 0.15) is 11.5 Å². The molecule has 0 saturated carbocycles. The highest BCUT2D eigenvalue weighted by Gasteiger charge is 2.37. The molecule has 34 heavy (non-hydrogen) atoms. The summed E-state index contributed by atoms with van der Waals surface area (Å²) in [5, 5.41) is 21.8. The van der Waals surface area contributed by atoms with Gasteiger partial charge in [-0.1, -0.05) is 60.7 Å². The van der Waals surface area contributed by atoms with Crippen molar-refractivity contribution in [2.75, 3.05) is 0 Å². The Kier molecular flexibility index (Phi) is 4.49. The summed E-state index contributed by atoms with van der Waals surface area (Å²) < 4.78 is 0. The number of allylic oxidation sites excluding steroid dienone is 4. The van der Waals surface area contributed by atoms with Gasteiger partial charge in [0.05, 0.1) is 0 Å². The Morgan fingerprint density at radius 3 is 1.91 bits per heavy atom. The average molecular weight is 444 g/mol. The van der Waals surface area contributed by atoms with Crippen molar-refractivity contribution < 1.29 is 19.8 Å². The molecule has 2 aliphatic carbocycles. The van der Waals surface area contributed by atoms with Crippen molar-refractivity contribution in [2.24, 2.45) is 0 Å². The Bertz CT molecular complexity index is 1550. The molecular weight excluding hydrogens is 424 g/mol. The van der Waals surface area contributed by atoms with Crippen molar-refractivity contribution in [3.8, 4) is 11.5 Å². The molecule has 0 heterocycles. The van der Waals surface area contributed by atoms with E-state index >= 15 is 0 Å². The predicted molar refractivity (Wildman–Crippen MR) is 132 cm³/mol. The lowest BCUT2D eigenvalue weighted by Gasteiger charge is -2.24. The molecule has 2 N–H and O–H groups in total. The van der Waals surface area contributed by atoms with Crippen LogP contribution in [0.1, 0.15) is 28.2 Å². The van der Waals surface area contributed by atoms with Gasteiger partial charge in [-0.15, -0.1) is 0 Å². The van der Waals surface area contributed by atoms with E-state index in [0.717, 1.165) is 16.3 Å². The van der Waals surface area contributed by atoms with Crippen LogP contribution < -0.4 is 0 Å². The second-order valence-electron chi connectivity index (χ2n) is 8.76. The molecule has 1 unspecified atom stereocenters. The number of Topliss-reactive ketones (excluding diaryl/α,β-unsaturated/α-hetero) is 1. The van der Waals surface area contributed by atoms with E-state index in [-0.39, 0.29) is 29.0 Å². The lowest BCUT2D eigenvalue weighted by atomic mass is 9.77. The van der Waals surface area contributed by atoms with Gasteiger partial charge < -0.3 is 10.2 Å². The highest BCUT2D eigenvalue weighted by atomic mass is 16.3. The summed E-state index contributed by atoms with van der Waals surface area (Å²) in [5.74, 6) is -0.474. The van der Waals surface area contributed by atoms with Crippen molar-refractivity contribution in [3.05, 3.63) is 119 Å². The summed E-state index contributed by atoms with van der Waals surface area (Å²) in [4.78, 5) is 27.6. The van der Waals surface area contributed by atoms with Gasteiger partial charge in [0.25, 0.3) is 0 Å². The molecule has 0 amide bonds. The maximum absolute atomic E-state index is 14.1. The summed E-state index contributed by atoms with van der Waals surface area (Å²) in [6.07, 6.45) is 2.16. The van der Waals surface area contributed by atoms with Gasteiger partial charge in [-0.3, -0.25) is 9.59 Å². The van der Waals surface area contributed by atoms with Crippen molar-refractivity contribution in [3.63, 3.8) is 0 Å². The first kappa shape index (κ1) is 20.2. The van der Waals surface area contributed by atoms with Crippen molar-refractivity contribution in [2.45, 2.75) is 12.3 Å². The third-order valence-corrected chi connectivity index (χ3v) is 6.78. The smallest absolute Gasteiger partial charge is 0.191 e. The van der Waals surface area contributed by atoms with Crippen molar-refractivity contribution in [1.29, 1.82) is 0 Å². The molecule has 0 radical (unpaired) electrons. The van der Waals surface area contributed by atoms with Gasteiger partial charge in [-0.2, -0.15) is 0 Å². The first-order chi connectivity index (χ1) is 16.5. The molecule has 0 saturated heterocycles. The molecule has 0 aliphatic heterocycles. The number of hydrogen-bond acceptors (Lipinski definition) is 4. The van der Waals surface area contributed by atoms with Gasteiger partial charge in [-0.05, 0) is 69.8 Å². The molecule has 0 aromatic heterocycles. The minimum absolute atomic E-state index is 0.0816. The molecule has 4 heteroatoms. The summed E-state index contributed by atoms with van der Waals surface area (Å²) in [6, 6.07) is 24.9. The molecule has 4 aromatic carbocycles. The summed E-state index contributed by atoms with van der Waals surface area (Å²) in [7, 11) is 0. The Hall–Kier alpha value is -4.44. The summed E-state index contributed by atoms with van der Waals surface area (Å²) in [6.45, 7) is 0. The van der Waals surface area contributed by atoms with Crippen molar-refractivity contribution >= 4 is 33.5 Å². The molecule has 0 fully saturated rings. The fraction of sp³-hybridized carbons (Fsp3) is 0.0667. The Morgan fingerprint density at radius 1 is 0.676 bits per heavy atom. The van der Waals surface area contributed by atoms with Crippen LogP contribution in [-0.4, -0.2) is 21.8 Å². The standard InChI is InChI=1S/C30H20O4/c31-21-11-7-18(8-12-21)28-26(33)16-25(30(34)29(28)19-9-13-22(32)14-10-19)24-15-20-5-1-3-17-4-2-6-23(24)27(17)20/h1-14,16,24,31-32H,15H2. The number of rotatable bonds is 3. The molecule has 2 aliphatic rings. The first-order valence-corrected chi connectivity index (χ1v) is 11.2. The van der Waals surface area contributed by atoms with E-state index in [4.69, 9.17) is 0 Å². The number of carbonyl (C=O) groups is 2. The largest absolute Gasteiger partial charge is 0.508 e. The third kappa shape index (κ3) is 3.07. The number of phenols is 2. The van der Waals surface area contributed by atoms with Crippen LogP contribution in [0.3, 0.4) is 0 Å². The second kappa shape index (κ2) is 7.56. The molecular formula is C30H20O4. The zero-order chi connectivity index (χ0) is 23.4. The van der Waals surface area contributed by atoms with Crippen LogP contribution >= 0.6 is 0 Å². The number of hydrogen-bond donors (Lipinski definition) is 2. The van der Waals surface area contributed by atoms with E-state index < -0.39 is 0 Å². The highest BCUT2D eigenvalue weighted by Crippen LogP contribution is 2.46. The molecule has 164 valence electrons. The lowest BCUT2D eigenvalue weighted by molar-refractivity contribution is -0.113. The number of phenolic OH excluding ortho intramolecular Hbond substituents is 2. The van der Waals surface area contributed by atoms with Crippen molar-refractivity contribution in [1.82, 2.24) is 0 Å². The maximum Gasteiger partial charge on any atom is 0.191 e. The predicted octanol–water partition coefficient (Wildman–Crippen LogP) is 5.58. The van der Waals surface area contributed by atoms with E-state index in [2.05, 4.69) is 18.2 Å². The quantitative estimate of drug-likeness (QED) is 0.405. The fourth-order valence-corrected chi connectivity index (χ4v) is 5.25. The van der Waals surface area contributed by atoms with Gasteiger partial charge >= 0.3 is 0 Å². The van der Waals surface area contributed by atoms with E-state index in [1.807, 2.05) is 18.2 Å². The minimum Gasteiger partial charge on any atom is -0.508 e. The number of ketones is 2. The third-order valence-electron chi connectivity index (χ3n) is 6.78. The van der Waals surface area contributed by atoms with Crippen LogP contribution in [0.15, 0.2) is 96.6 Å². The van der Waals surface area contributed by atoms with Crippen LogP contribution in [0, 0.1) is 0 Å². The zero-order valence-corrected chi connectivity index (χ0v) is 18.2. The number of benzene rings is 4. The Labute approximate surface area is 196 Å². The van der Waals surface area contributed by atoms with Gasteiger partial charge in [0.15, 0.2) is 11.6 Å². The molecule has 4 aromatic rings. The minimum atomic E-state index is -0.244. The van der Waals surface area contributed by atoms with Crippen LogP contribution in [-0.2, 0) is 16.0 Å². The van der Waals surface area contributed by atoms with E-state index in [9.17, 15) is 19.8 Å². The van der Waals surface area contributed by atoms with Crippen LogP contribution in [0.5, 0.6) is 11.5 Å². The van der Waals surface area contributed by atoms with Crippen LogP contribution in [0.2, 0.25) is 0 Å². The van der Waals surface area contributed by atoms with E-state index in [0.29, 0.717) is 34.3 Å². The SMILES string of the molecule is O=C1C=C(C2Cc3cccc4cccc2c34)C(=O)C(c2ccc(O)cc2)=C1c1ccc(O)cc1. The number of carbonyl (C=O) groups excluding carboxylic acids is 2. The number of aromatic hydroxyl groups is 2. The van der Waals surface area contributed by atoms with Crippen LogP contribution in [0.4, 0.5) is 0 Å². The maximum atomic E-state index is 14.1. The summed E-state index contributed by atoms with van der Waals surface area (Å²) >= 11 is 0. The van der Waals surface area contributed by atoms with Gasteiger partial charge in [0, 0.05) is 22.6 Å². The molecule has 0 bridgehead atoms. The molecule has 0 spiro atoms. The average Bonchev–Trinajstić information content (AvgIpc) is 3.22. The molecule has 1 atom stereocenters. The van der Waals surface area contributed by atoms with Crippen LogP contribution in [0.25, 0.3) is 21.9 Å². The fourth-order valence-electron chi connectivity index (χ4n) is 5.25. The molecule has 4 nitrogen and oxygen atoms in total. The van der Waals surface area contributed by atoms with Gasteiger partial charge in [-0.25, -0.2) is 0 Å². The molecule has 6 rings (SSSR count). The van der Waals surface area contributed by atoms with E-state index in [1.165, 1.54) is 35.9 Å². The Morgan fingerprint density at radius 2 is 1.26 bits per heavy atom. The first-order valence-electron chi connectivity index (χ1n) is 11.2. The monoisotopic (exact) mass is 444 g/mol. The zero-order valence-electron chi connectivity index (χ0n) is 18.2. The highest BCUT2D eigenvalue weighted by molar-refractivity contribution is 6.50. The normalized spacial score (nSPS) is 17.4. The second-order valence-corrected chi connectivity index (χ2v) is 8.76. The van der Waals surface area contributed by atoms with Gasteiger partial charge in [0.2, 0.25) is 0 Å². The Balaban J connectivity index is 1.52. The van der Waals surface area contributed by atoms with E-state index in [1.54, 1.807) is 24.3 Å². The lowest BCUT2D eigenvalue weighted by Crippen LogP contribution is -2.22. The topological polar surface area (TPSA) is 74.6 Å².